The van der Waals surface area contributed by atoms with Gasteiger partial charge in [-0.1, -0.05) is 12.0 Å². The van der Waals surface area contributed by atoms with Crippen LogP contribution < -0.4 is 0 Å². The van der Waals surface area contributed by atoms with Crippen LogP contribution in [0.3, 0.4) is 0 Å². The highest BCUT2D eigenvalue weighted by atomic mass is 19.4. The zero-order chi connectivity index (χ0) is 10.1. The second-order valence-corrected chi connectivity index (χ2v) is 2.75. The fourth-order valence-electron chi connectivity index (χ4n) is 1.08. The molecule has 0 radical (unpaired) electrons. The summed E-state index contributed by atoms with van der Waals surface area (Å²) >= 11 is 0. The minimum Gasteiger partial charge on any atom is -0.207 e. The van der Waals surface area contributed by atoms with E-state index in [2.05, 4.69) is 0 Å². The molecule has 4 heteroatoms. The molecule has 0 fully saturated rings. The summed E-state index contributed by atoms with van der Waals surface area (Å²) in [6, 6.07) is 0. The van der Waals surface area contributed by atoms with Crippen molar-refractivity contribution in [3.05, 3.63) is 24.1 Å². The van der Waals surface area contributed by atoms with E-state index in [1.165, 1.54) is 0 Å². The highest BCUT2D eigenvalue weighted by molar-refractivity contribution is 5.31. The van der Waals surface area contributed by atoms with Crippen molar-refractivity contribution in [2.45, 2.75) is 12.6 Å². The van der Waals surface area contributed by atoms with Gasteiger partial charge in [0.2, 0.25) is 0 Å². The SMILES string of the molecule is C#CC1(C(F)(F)F)C=C(F)C=CC1. The number of rotatable bonds is 0. The quantitative estimate of drug-likeness (QED) is 0.407. The fourth-order valence-corrected chi connectivity index (χ4v) is 1.08. The molecule has 0 saturated heterocycles. The molecule has 0 saturated carbocycles. The van der Waals surface area contributed by atoms with E-state index >= 15 is 0 Å². The van der Waals surface area contributed by atoms with Crippen molar-refractivity contribution in [3.63, 3.8) is 0 Å². The molecule has 0 N–H and O–H groups in total. The van der Waals surface area contributed by atoms with Crippen LogP contribution in [-0.2, 0) is 0 Å². The van der Waals surface area contributed by atoms with Crippen molar-refractivity contribution in [1.82, 2.24) is 0 Å². The Morgan fingerprint density at radius 1 is 1.46 bits per heavy atom. The van der Waals surface area contributed by atoms with Gasteiger partial charge in [-0.25, -0.2) is 4.39 Å². The lowest BCUT2D eigenvalue weighted by Crippen LogP contribution is -2.35. The van der Waals surface area contributed by atoms with Gasteiger partial charge in [-0.3, -0.25) is 0 Å². The van der Waals surface area contributed by atoms with Crippen molar-refractivity contribution in [1.29, 1.82) is 0 Å². The standard InChI is InChI=1S/C9H6F4/c1-2-8(9(11,12)13)5-3-4-7(10)6-8/h1,3-4,6H,5H2. The molecular weight excluding hydrogens is 184 g/mol. The Morgan fingerprint density at radius 2 is 2.08 bits per heavy atom. The molecule has 13 heavy (non-hydrogen) atoms. The third-order valence-corrected chi connectivity index (χ3v) is 1.86. The Labute approximate surface area is 72.9 Å². The zero-order valence-electron chi connectivity index (χ0n) is 6.53. The van der Waals surface area contributed by atoms with Crippen molar-refractivity contribution < 1.29 is 17.6 Å². The predicted molar refractivity (Wildman–Crippen MR) is 40.3 cm³/mol. The summed E-state index contributed by atoms with van der Waals surface area (Å²) in [4.78, 5) is 0. The van der Waals surface area contributed by atoms with Crippen molar-refractivity contribution >= 4 is 0 Å². The van der Waals surface area contributed by atoms with Gasteiger partial charge in [0.1, 0.15) is 5.83 Å². The number of hydrogen-bond acceptors (Lipinski definition) is 0. The molecule has 0 bridgehead atoms. The summed E-state index contributed by atoms with van der Waals surface area (Å²) in [5.41, 5.74) is -2.47. The summed E-state index contributed by atoms with van der Waals surface area (Å²) in [7, 11) is 0. The van der Waals surface area contributed by atoms with Gasteiger partial charge in [0, 0.05) is 0 Å². The molecule has 0 amide bonds. The first-order chi connectivity index (χ1) is 5.91. The number of terminal acetylenes is 1. The minimum absolute atomic E-state index is 0.402. The average Bonchev–Trinajstić information content (AvgIpc) is 2.02. The Bertz CT molecular complexity index is 303. The lowest BCUT2D eigenvalue weighted by molar-refractivity contribution is -0.185. The lowest BCUT2D eigenvalue weighted by Gasteiger charge is -2.28. The van der Waals surface area contributed by atoms with E-state index in [0.717, 1.165) is 12.2 Å². The molecule has 0 aromatic heterocycles. The molecule has 1 unspecified atom stereocenters. The molecule has 0 nitrogen and oxygen atoms in total. The first-order valence-corrected chi connectivity index (χ1v) is 3.51. The molecule has 0 heterocycles. The first-order valence-electron chi connectivity index (χ1n) is 3.51. The zero-order valence-corrected chi connectivity index (χ0v) is 6.53. The maximum atomic E-state index is 12.6. The Kier molecular flexibility index (Phi) is 2.21. The average molecular weight is 190 g/mol. The van der Waals surface area contributed by atoms with E-state index in [4.69, 9.17) is 6.42 Å². The summed E-state index contributed by atoms with van der Waals surface area (Å²) in [5, 5.41) is 0. The molecule has 1 aliphatic carbocycles. The van der Waals surface area contributed by atoms with Crippen molar-refractivity contribution in [3.8, 4) is 12.3 Å². The van der Waals surface area contributed by atoms with Crippen LogP contribution in [0.15, 0.2) is 24.1 Å². The van der Waals surface area contributed by atoms with Gasteiger partial charge < -0.3 is 0 Å². The number of alkyl halides is 3. The van der Waals surface area contributed by atoms with Gasteiger partial charge in [0.15, 0.2) is 5.41 Å². The molecule has 0 spiro atoms. The van der Waals surface area contributed by atoms with E-state index < -0.39 is 23.8 Å². The van der Waals surface area contributed by atoms with Crippen molar-refractivity contribution in [2.75, 3.05) is 0 Å². The van der Waals surface area contributed by atoms with Crippen LogP contribution in [0.25, 0.3) is 0 Å². The van der Waals surface area contributed by atoms with Crippen LogP contribution in [-0.4, -0.2) is 6.18 Å². The maximum Gasteiger partial charge on any atom is 0.408 e. The molecule has 70 valence electrons. The van der Waals surface area contributed by atoms with Gasteiger partial charge in [0.05, 0.1) is 0 Å². The largest absolute Gasteiger partial charge is 0.408 e. The van der Waals surface area contributed by atoms with Crippen molar-refractivity contribution in [2.24, 2.45) is 5.41 Å². The van der Waals surface area contributed by atoms with Gasteiger partial charge in [0.25, 0.3) is 0 Å². The summed E-state index contributed by atoms with van der Waals surface area (Å²) < 4.78 is 49.7. The van der Waals surface area contributed by atoms with Gasteiger partial charge >= 0.3 is 6.18 Å². The fraction of sp³-hybridized carbons (Fsp3) is 0.333. The van der Waals surface area contributed by atoms with E-state index in [-0.39, 0.29) is 0 Å². The smallest absolute Gasteiger partial charge is 0.207 e. The molecular formula is C9H6F4. The lowest BCUT2D eigenvalue weighted by atomic mass is 9.81. The highest BCUT2D eigenvalue weighted by Crippen LogP contribution is 2.44. The van der Waals surface area contributed by atoms with Crippen LogP contribution in [0.2, 0.25) is 0 Å². The molecule has 1 atom stereocenters. The normalized spacial score (nSPS) is 28.1. The van der Waals surface area contributed by atoms with Crippen LogP contribution in [0.4, 0.5) is 17.6 Å². The molecule has 1 aliphatic rings. The van der Waals surface area contributed by atoms with Crippen LogP contribution in [0.1, 0.15) is 6.42 Å². The third kappa shape index (κ3) is 1.59. The van der Waals surface area contributed by atoms with Gasteiger partial charge in [-0.2, -0.15) is 13.2 Å². The van der Waals surface area contributed by atoms with E-state index in [9.17, 15) is 17.6 Å². The van der Waals surface area contributed by atoms with E-state index in [1.807, 2.05) is 0 Å². The maximum absolute atomic E-state index is 12.6. The van der Waals surface area contributed by atoms with E-state index in [0.29, 0.717) is 6.08 Å². The third-order valence-electron chi connectivity index (χ3n) is 1.86. The number of hydrogen-bond donors (Lipinski definition) is 0. The highest BCUT2D eigenvalue weighted by Gasteiger charge is 2.52. The second-order valence-electron chi connectivity index (χ2n) is 2.75. The Balaban J connectivity index is 3.13. The summed E-state index contributed by atoms with van der Waals surface area (Å²) in [5.74, 6) is 0.652. The van der Waals surface area contributed by atoms with Crippen LogP contribution in [0, 0.1) is 17.8 Å². The first kappa shape index (κ1) is 9.85. The molecule has 1 rings (SSSR count). The monoisotopic (exact) mass is 190 g/mol. The summed E-state index contributed by atoms with van der Waals surface area (Å²) in [6.45, 7) is 0. The Morgan fingerprint density at radius 3 is 2.38 bits per heavy atom. The topological polar surface area (TPSA) is 0 Å². The molecule has 0 aromatic carbocycles. The predicted octanol–water partition coefficient (Wildman–Crippen LogP) is 2.98. The van der Waals surface area contributed by atoms with Crippen LogP contribution >= 0.6 is 0 Å². The molecule has 0 aliphatic heterocycles. The van der Waals surface area contributed by atoms with Crippen LogP contribution in [0.5, 0.6) is 0 Å². The van der Waals surface area contributed by atoms with Gasteiger partial charge in [-0.05, 0) is 18.6 Å². The number of halogens is 4. The molecule has 0 aromatic rings. The second kappa shape index (κ2) is 2.91. The number of allylic oxidation sites excluding steroid dienone is 4. The Hall–Kier alpha value is -1.24. The van der Waals surface area contributed by atoms with Gasteiger partial charge in [-0.15, -0.1) is 6.42 Å². The van der Waals surface area contributed by atoms with E-state index in [1.54, 1.807) is 5.92 Å². The minimum atomic E-state index is -4.61. The summed E-state index contributed by atoms with van der Waals surface area (Å²) in [6.07, 6.45) is 2.26.